The highest BCUT2D eigenvalue weighted by molar-refractivity contribution is 7.89. The fourth-order valence-electron chi connectivity index (χ4n) is 1.50. The number of aliphatic hydroxyl groups excluding tert-OH is 1. The van der Waals surface area contributed by atoms with Crippen molar-refractivity contribution in [3.63, 3.8) is 0 Å². The summed E-state index contributed by atoms with van der Waals surface area (Å²) in [6.07, 6.45) is 2.08. The topological polar surface area (TPSA) is 82.5 Å². The zero-order valence-electron chi connectivity index (χ0n) is 11.5. The Bertz CT molecular complexity index is 485. The van der Waals surface area contributed by atoms with Gasteiger partial charge in [-0.25, -0.2) is 18.1 Å². The Balaban J connectivity index is 2.69. The minimum absolute atomic E-state index is 0.0265. The highest BCUT2D eigenvalue weighted by Crippen LogP contribution is 2.08. The number of pyridine rings is 1. The molecule has 0 aromatic carbocycles. The van der Waals surface area contributed by atoms with Crippen LogP contribution in [0.2, 0.25) is 0 Å². The van der Waals surface area contributed by atoms with Gasteiger partial charge in [-0.05, 0) is 45.6 Å². The lowest BCUT2D eigenvalue weighted by atomic mass is 10.2. The number of nitrogens with one attached hydrogen (secondary N) is 1. The molecule has 0 aliphatic heterocycles. The Morgan fingerprint density at radius 2 is 2.11 bits per heavy atom. The molecule has 1 aromatic heterocycles. The summed E-state index contributed by atoms with van der Waals surface area (Å²) in [5.41, 5.74) is 0.583. The Hall–Kier alpha value is -1.02. The fraction of sp³-hybridized carbons (Fsp3) is 0.583. The van der Waals surface area contributed by atoms with Crippen molar-refractivity contribution in [1.82, 2.24) is 14.6 Å². The lowest BCUT2D eigenvalue weighted by Crippen LogP contribution is -2.35. The van der Waals surface area contributed by atoms with E-state index in [1.54, 1.807) is 6.07 Å². The average Bonchev–Trinajstić information content (AvgIpc) is 2.36. The molecule has 1 heterocycles. The predicted octanol–water partition coefficient (Wildman–Crippen LogP) is 0.192. The Kier molecular flexibility index (Phi) is 5.86. The molecule has 1 aromatic rings. The summed E-state index contributed by atoms with van der Waals surface area (Å²) < 4.78 is 26.7. The van der Waals surface area contributed by atoms with Crippen LogP contribution in [-0.2, 0) is 16.6 Å². The largest absolute Gasteiger partial charge is 0.392 e. The van der Waals surface area contributed by atoms with E-state index in [0.717, 1.165) is 13.0 Å². The molecule has 1 unspecified atom stereocenters. The Morgan fingerprint density at radius 1 is 1.42 bits per heavy atom. The number of hydrogen-bond acceptors (Lipinski definition) is 5. The third-order valence-electron chi connectivity index (χ3n) is 2.62. The van der Waals surface area contributed by atoms with Gasteiger partial charge in [0.15, 0.2) is 5.03 Å². The number of aliphatic hydroxyl groups is 1. The second-order valence-corrected chi connectivity index (χ2v) is 6.44. The normalized spacial score (nSPS) is 13.7. The van der Waals surface area contributed by atoms with E-state index in [-0.39, 0.29) is 17.7 Å². The van der Waals surface area contributed by atoms with Crippen molar-refractivity contribution >= 4 is 10.0 Å². The van der Waals surface area contributed by atoms with Crippen LogP contribution in [0.1, 0.15) is 18.9 Å². The number of rotatable bonds is 7. The third kappa shape index (κ3) is 5.23. The highest BCUT2D eigenvalue weighted by atomic mass is 32.2. The number of hydrogen-bond donors (Lipinski definition) is 2. The number of nitrogens with zero attached hydrogens (tertiary/aromatic N) is 2. The molecule has 2 N–H and O–H groups in total. The maximum atomic E-state index is 12.0. The van der Waals surface area contributed by atoms with Gasteiger partial charge in [0.1, 0.15) is 0 Å². The summed E-state index contributed by atoms with van der Waals surface area (Å²) in [6.45, 7) is 2.48. The van der Waals surface area contributed by atoms with Crippen LogP contribution in [0.5, 0.6) is 0 Å². The fourth-order valence-corrected chi connectivity index (χ4v) is 2.71. The highest BCUT2D eigenvalue weighted by Gasteiger charge is 2.18. The minimum Gasteiger partial charge on any atom is -0.392 e. The van der Waals surface area contributed by atoms with E-state index in [0.29, 0.717) is 5.56 Å². The quantitative estimate of drug-likeness (QED) is 0.748. The van der Waals surface area contributed by atoms with Crippen molar-refractivity contribution in [2.24, 2.45) is 0 Å². The van der Waals surface area contributed by atoms with Crippen LogP contribution in [0.3, 0.4) is 0 Å². The zero-order valence-corrected chi connectivity index (χ0v) is 12.3. The molecule has 0 spiro atoms. The van der Waals surface area contributed by atoms with E-state index in [4.69, 9.17) is 5.11 Å². The van der Waals surface area contributed by atoms with Crippen molar-refractivity contribution in [3.05, 3.63) is 23.9 Å². The SMILES string of the molecule is CC(CCN(C)C)NS(=O)(=O)c1ccc(CO)cn1. The number of sulfonamides is 1. The van der Waals surface area contributed by atoms with Crippen molar-refractivity contribution < 1.29 is 13.5 Å². The summed E-state index contributed by atoms with van der Waals surface area (Å²) >= 11 is 0. The van der Waals surface area contributed by atoms with Gasteiger partial charge in [0, 0.05) is 12.2 Å². The van der Waals surface area contributed by atoms with Gasteiger partial charge in [-0.2, -0.15) is 0 Å². The molecule has 19 heavy (non-hydrogen) atoms. The zero-order chi connectivity index (χ0) is 14.5. The molecule has 1 atom stereocenters. The Labute approximate surface area is 114 Å². The van der Waals surface area contributed by atoms with Crippen molar-refractivity contribution in [2.45, 2.75) is 31.0 Å². The first-order valence-electron chi connectivity index (χ1n) is 6.08. The molecule has 0 saturated carbocycles. The van der Waals surface area contributed by atoms with Crippen LogP contribution >= 0.6 is 0 Å². The van der Waals surface area contributed by atoms with Crippen LogP contribution in [-0.4, -0.2) is 50.1 Å². The standard InChI is InChI=1S/C12H21N3O3S/c1-10(6-7-15(2)3)14-19(17,18)12-5-4-11(9-16)8-13-12/h4-5,8,10,14,16H,6-7,9H2,1-3H3. The Morgan fingerprint density at radius 3 is 2.58 bits per heavy atom. The molecule has 108 valence electrons. The molecule has 0 fully saturated rings. The van der Waals surface area contributed by atoms with Gasteiger partial charge < -0.3 is 10.0 Å². The van der Waals surface area contributed by atoms with Crippen LogP contribution in [0.4, 0.5) is 0 Å². The lowest BCUT2D eigenvalue weighted by molar-refractivity contribution is 0.281. The van der Waals surface area contributed by atoms with Crippen molar-refractivity contribution in [1.29, 1.82) is 0 Å². The van der Waals surface area contributed by atoms with Crippen LogP contribution in [0.25, 0.3) is 0 Å². The smallest absolute Gasteiger partial charge is 0.258 e. The van der Waals surface area contributed by atoms with Crippen LogP contribution in [0, 0.1) is 0 Å². The summed E-state index contributed by atoms with van der Waals surface area (Å²) in [5.74, 6) is 0. The van der Waals surface area contributed by atoms with E-state index >= 15 is 0 Å². The van der Waals surface area contributed by atoms with Gasteiger partial charge in [0.2, 0.25) is 0 Å². The molecule has 7 heteroatoms. The molecule has 6 nitrogen and oxygen atoms in total. The summed E-state index contributed by atoms with van der Waals surface area (Å²) in [5, 5.41) is 8.86. The first kappa shape index (κ1) is 16.0. The first-order chi connectivity index (χ1) is 8.85. The van der Waals surface area contributed by atoms with Crippen LogP contribution < -0.4 is 4.72 Å². The molecular formula is C12H21N3O3S. The molecule has 0 aliphatic rings. The van der Waals surface area contributed by atoms with E-state index in [1.165, 1.54) is 12.3 Å². The minimum atomic E-state index is -3.59. The van der Waals surface area contributed by atoms with Crippen molar-refractivity contribution in [2.75, 3.05) is 20.6 Å². The van der Waals surface area contributed by atoms with Gasteiger partial charge in [0.25, 0.3) is 10.0 Å². The average molecular weight is 287 g/mol. The molecular weight excluding hydrogens is 266 g/mol. The maximum Gasteiger partial charge on any atom is 0.258 e. The third-order valence-corrected chi connectivity index (χ3v) is 4.13. The first-order valence-corrected chi connectivity index (χ1v) is 7.56. The monoisotopic (exact) mass is 287 g/mol. The number of aromatic nitrogens is 1. The second-order valence-electron chi connectivity index (χ2n) is 4.78. The van der Waals surface area contributed by atoms with Gasteiger partial charge in [-0.15, -0.1) is 0 Å². The predicted molar refractivity (Wildman–Crippen MR) is 73.1 cm³/mol. The lowest BCUT2D eigenvalue weighted by Gasteiger charge is -2.16. The second kappa shape index (κ2) is 6.95. The molecule has 1 rings (SSSR count). The van der Waals surface area contributed by atoms with Crippen molar-refractivity contribution in [3.8, 4) is 0 Å². The molecule has 0 bridgehead atoms. The summed E-state index contributed by atoms with van der Waals surface area (Å²) in [4.78, 5) is 5.85. The van der Waals surface area contributed by atoms with Crippen LogP contribution in [0.15, 0.2) is 23.4 Å². The molecule has 0 saturated heterocycles. The van der Waals surface area contributed by atoms with Gasteiger partial charge in [-0.3, -0.25) is 0 Å². The molecule has 0 amide bonds. The van der Waals surface area contributed by atoms with Gasteiger partial charge in [-0.1, -0.05) is 6.07 Å². The summed E-state index contributed by atoms with van der Waals surface area (Å²) in [7, 11) is 0.288. The van der Waals surface area contributed by atoms with E-state index in [2.05, 4.69) is 9.71 Å². The summed E-state index contributed by atoms with van der Waals surface area (Å²) in [6, 6.07) is 2.78. The van der Waals surface area contributed by atoms with E-state index in [9.17, 15) is 8.42 Å². The molecule has 0 radical (unpaired) electrons. The maximum absolute atomic E-state index is 12.0. The van der Waals surface area contributed by atoms with Gasteiger partial charge >= 0.3 is 0 Å². The van der Waals surface area contributed by atoms with E-state index < -0.39 is 10.0 Å². The van der Waals surface area contributed by atoms with E-state index in [1.807, 2.05) is 25.9 Å². The van der Waals surface area contributed by atoms with Gasteiger partial charge in [0.05, 0.1) is 6.61 Å². The molecule has 0 aliphatic carbocycles.